The number of ether oxygens (including phenoxy) is 1. The lowest BCUT2D eigenvalue weighted by atomic mass is 9.95. The molecular weight excluding hydrogens is 317 g/mol. The number of rotatable bonds is 4. The van der Waals surface area contributed by atoms with Crippen LogP contribution in [0.5, 0.6) is 11.6 Å². The molecule has 2 heterocycles. The summed E-state index contributed by atoms with van der Waals surface area (Å²) in [4.78, 5) is 11.2. The van der Waals surface area contributed by atoms with Crippen LogP contribution < -0.4 is 9.64 Å². The van der Waals surface area contributed by atoms with E-state index in [9.17, 15) is 4.39 Å². The lowest BCUT2D eigenvalue weighted by molar-refractivity contribution is 0.435. The molecular formula is C20H18FN3O. The van der Waals surface area contributed by atoms with Crippen LogP contribution in [0.15, 0.2) is 60.7 Å². The molecule has 2 aromatic carbocycles. The summed E-state index contributed by atoms with van der Waals surface area (Å²) in [5, 5.41) is 0. The first-order chi connectivity index (χ1) is 12.2. The van der Waals surface area contributed by atoms with Crippen LogP contribution in [0.3, 0.4) is 0 Å². The van der Waals surface area contributed by atoms with Crippen molar-refractivity contribution in [2.24, 2.45) is 0 Å². The van der Waals surface area contributed by atoms with E-state index in [1.165, 1.54) is 6.07 Å². The summed E-state index contributed by atoms with van der Waals surface area (Å²) in [5.41, 5.74) is 1.78. The van der Waals surface area contributed by atoms with Crippen LogP contribution in [0.25, 0.3) is 0 Å². The van der Waals surface area contributed by atoms with Gasteiger partial charge in [-0.2, -0.15) is 4.98 Å². The zero-order chi connectivity index (χ0) is 17.2. The normalized spacial score (nSPS) is 16.4. The first-order valence-corrected chi connectivity index (χ1v) is 8.30. The number of hydrogen-bond donors (Lipinski definition) is 0. The number of aryl methyl sites for hydroxylation is 1. The number of halogens is 1. The first kappa shape index (κ1) is 15.6. The molecule has 126 valence electrons. The smallest absolute Gasteiger partial charge is 0.229 e. The molecule has 0 spiro atoms. The highest BCUT2D eigenvalue weighted by Gasteiger charge is 2.32. The average molecular weight is 335 g/mol. The van der Waals surface area contributed by atoms with Crippen molar-refractivity contribution in [1.29, 1.82) is 0 Å². The van der Waals surface area contributed by atoms with Crippen molar-refractivity contribution in [2.75, 3.05) is 11.4 Å². The van der Waals surface area contributed by atoms with Crippen molar-refractivity contribution in [3.05, 3.63) is 77.7 Å². The monoisotopic (exact) mass is 335 g/mol. The second kappa shape index (κ2) is 6.51. The first-order valence-electron chi connectivity index (χ1n) is 8.30. The fourth-order valence-electron chi connectivity index (χ4n) is 3.00. The van der Waals surface area contributed by atoms with Gasteiger partial charge in [0.05, 0.1) is 6.04 Å². The van der Waals surface area contributed by atoms with Gasteiger partial charge in [0.2, 0.25) is 11.8 Å². The quantitative estimate of drug-likeness (QED) is 0.694. The number of anilines is 1. The molecule has 4 nitrogen and oxygen atoms in total. The minimum atomic E-state index is -0.220. The van der Waals surface area contributed by atoms with E-state index in [1.807, 2.05) is 49.4 Å². The van der Waals surface area contributed by atoms with Crippen LogP contribution in [0.1, 0.15) is 23.7 Å². The van der Waals surface area contributed by atoms with E-state index < -0.39 is 0 Å². The molecule has 25 heavy (non-hydrogen) atoms. The molecule has 0 aliphatic carbocycles. The molecule has 0 radical (unpaired) electrons. The third kappa shape index (κ3) is 3.31. The molecule has 0 saturated carbocycles. The fraction of sp³-hybridized carbons (Fsp3) is 0.200. The summed E-state index contributed by atoms with van der Waals surface area (Å²) in [6.45, 7) is 2.76. The van der Waals surface area contributed by atoms with Gasteiger partial charge in [-0.05, 0) is 43.2 Å². The Morgan fingerprint density at radius 3 is 2.60 bits per heavy atom. The molecule has 0 N–H and O–H groups in total. The molecule has 1 unspecified atom stereocenters. The topological polar surface area (TPSA) is 38.2 Å². The summed E-state index contributed by atoms with van der Waals surface area (Å²) >= 11 is 0. The molecule has 5 heteroatoms. The summed E-state index contributed by atoms with van der Waals surface area (Å²) in [5.74, 6) is 1.64. The standard InChI is InChI=1S/C20H18FN3O/c1-14-12-19(25-17-8-3-2-4-9-17)23-20(22-14)24-11-10-18(24)15-6-5-7-16(21)13-15/h2-9,12-13,18H,10-11H2,1H3. The van der Waals surface area contributed by atoms with Crippen molar-refractivity contribution in [3.8, 4) is 11.6 Å². The van der Waals surface area contributed by atoms with Crippen molar-refractivity contribution >= 4 is 5.95 Å². The Hall–Kier alpha value is -2.95. The van der Waals surface area contributed by atoms with Gasteiger partial charge < -0.3 is 9.64 Å². The Morgan fingerprint density at radius 2 is 1.88 bits per heavy atom. The van der Waals surface area contributed by atoms with E-state index in [2.05, 4.69) is 14.9 Å². The van der Waals surface area contributed by atoms with Gasteiger partial charge >= 0.3 is 0 Å². The Bertz CT molecular complexity index is 885. The van der Waals surface area contributed by atoms with Crippen LogP contribution in [0.4, 0.5) is 10.3 Å². The minimum Gasteiger partial charge on any atom is -0.439 e. The lowest BCUT2D eigenvalue weighted by Gasteiger charge is -2.41. The maximum absolute atomic E-state index is 13.5. The van der Waals surface area contributed by atoms with Gasteiger partial charge in [-0.3, -0.25) is 0 Å². The Labute approximate surface area is 145 Å². The number of para-hydroxylation sites is 1. The molecule has 3 aromatic rings. The molecule has 1 aromatic heterocycles. The van der Waals surface area contributed by atoms with Crippen LogP contribution in [-0.4, -0.2) is 16.5 Å². The second-order valence-corrected chi connectivity index (χ2v) is 6.12. The highest BCUT2D eigenvalue weighted by molar-refractivity contribution is 5.43. The van der Waals surface area contributed by atoms with Crippen LogP contribution in [0.2, 0.25) is 0 Å². The Morgan fingerprint density at radius 1 is 1.04 bits per heavy atom. The van der Waals surface area contributed by atoms with Crippen molar-refractivity contribution in [3.63, 3.8) is 0 Å². The number of benzene rings is 2. The Kier molecular flexibility index (Phi) is 4.06. The number of hydrogen-bond acceptors (Lipinski definition) is 4. The maximum Gasteiger partial charge on any atom is 0.229 e. The van der Waals surface area contributed by atoms with E-state index >= 15 is 0 Å². The fourth-order valence-corrected chi connectivity index (χ4v) is 3.00. The molecule has 0 amide bonds. The number of aromatic nitrogens is 2. The van der Waals surface area contributed by atoms with E-state index in [4.69, 9.17) is 4.74 Å². The highest BCUT2D eigenvalue weighted by atomic mass is 19.1. The third-order valence-corrected chi connectivity index (χ3v) is 4.29. The van der Waals surface area contributed by atoms with Crippen molar-refractivity contribution in [1.82, 2.24) is 9.97 Å². The lowest BCUT2D eigenvalue weighted by Crippen LogP contribution is -2.42. The van der Waals surface area contributed by atoms with Crippen LogP contribution >= 0.6 is 0 Å². The average Bonchev–Trinajstić information content (AvgIpc) is 2.54. The maximum atomic E-state index is 13.5. The molecule has 1 atom stereocenters. The minimum absolute atomic E-state index is 0.0991. The third-order valence-electron chi connectivity index (χ3n) is 4.29. The van der Waals surface area contributed by atoms with E-state index in [-0.39, 0.29) is 11.9 Å². The highest BCUT2D eigenvalue weighted by Crippen LogP contribution is 2.37. The molecule has 1 fully saturated rings. The summed E-state index contributed by atoms with van der Waals surface area (Å²) in [6.07, 6.45) is 0.954. The summed E-state index contributed by atoms with van der Waals surface area (Å²) in [6, 6.07) is 18.2. The van der Waals surface area contributed by atoms with Crippen LogP contribution in [-0.2, 0) is 0 Å². The van der Waals surface area contributed by atoms with E-state index in [0.717, 1.165) is 30.0 Å². The van der Waals surface area contributed by atoms with Gasteiger partial charge in [0.15, 0.2) is 0 Å². The van der Waals surface area contributed by atoms with Gasteiger partial charge in [0.1, 0.15) is 11.6 Å². The summed E-state index contributed by atoms with van der Waals surface area (Å²) in [7, 11) is 0. The molecule has 4 rings (SSSR count). The van der Waals surface area contributed by atoms with Gasteiger partial charge in [-0.1, -0.05) is 30.3 Å². The van der Waals surface area contributed by atoms with Crippen LogP contribution in [0, 0.1) is 12.7 Å². The number of nitrogens with zero attached hydrogens (tertiary/aromatic N) is 3. The SMILES string of the molecule is Cc1cc(Oc2ccccc2)nc(N2CCC2c2cccc(F)c2)n1. The zero-order valence-electron chi connectivity index (χ0n) is 13.9. The predicted molar refractivity (Wildman–Crippen MR) is 94.4 cm³/mol. The molecule has 1 saturated heterocycles. The van der Waals surface area contributed by atoms with E-state index in [0.29, 0.717) is 11.8 Å². The predicted octanol–water partition coefficient (Wildman–Crippen LogP) is 4.67. The molecule has 1 aliphatic heterocycles. The van der Waals surface area contributed by atoms with Gasteiger partial charge in [0.25, 0.3) is 0 Å². The van der Waals surface area contributed by atoms with Gasteiger partial charge in [0, 0.05) is 18.3 Å². The molecule has 1 aliphatic rings. The summed E-state index contributed by atoms with van der Waals surface area (Å²) < 4.78 is 19.4. The molecule has 0 bridgehead atoms. The van der Waals surface area contributed by atoms with E-state index in [1.54, 1.807) is 12.1 Å². The Balaban J connectivity index is 1.60. The van der Waals surface area contributed by atoms with Crippen molar-refractivity contribution < 1.29 is 9.13 Å². The van der Waals surface area contributed by atoms with Gasteiger partial charge in [-0.15, -0.1) is 0 Å². The largest absolute Gasteiger partial charge is 0.439 e. The van der Waals surface area contributed by atoms with Crippen molar-refractivity contribution in [2.45, 2.75) is 19.4 Å². The zero-order valence-corrected chi connectivity index (χ0v) is 13.9. The second-order valence-electron chi connectivity index (χ2n) is 6.12. The van der Waals surface area contributed by atoms with Gasteiger partial charge in [-0.25, -0.2) is 9.37 Å².